The van der Waals surface area contributed by atoms with Crippen LogP contribution in [-0.4, -0.2) is 4.98 Å². The maximum absolute atomic E-state index is 5.85. The molecule has 2 rings (SSSR count). The highest BCUT2D eigenvalue weighted by Crippen LogP contribution is 2.31. The normalized spacial score (nSPS) is 10.6. The lowest BCUT2D eigenvalue weighted by molar-refractivity contribution is 1.17. The van der Waals surface area contributed by atoms with Crippen LogP contribution in [0.2, 0.25) is 5.02 Å². The summed E-state index contributed by atoms with van der Waals surface area (Å²) in [6.07, 6.45) is 1.00. The number of rotatable bonds is 2. The summed E-state index contributed by atoms with van der Waals surface area (Å²) < 4.78 is 0.935. The van der Waals surface area contributed by atoms with Gasteiger partial charge in [-0.3, -0.25) is 0 Å². The molecule has 0 atom stereocenters. The summed E-state index contributed by atoms with van der Waals surface area (Å²) >= 11 is 11.0. The molecule has 0 radical (unpaired) electrons. The largest absolute Gasteiger partial charge is 0.229 e. The lowest BCUT2D eigenvalue weighted by Gasteiger charge is -1.99. The Balaban J connectivity index is 2.48. The zero-order chi connectivity index (χ0) is 10.8. The summed E-state index contributed by atoms with van der Waals surface area (Å²) in [6.45, 7) is 2.14. The highest BCUT2D eigenvalue weighted by atomic mass is 79.9. The second-order valence-corrected chi connectivity index (χ2v) is 5.90. The van der Waals surface area contributed by atoms with Crippen LogP contribution in [0.1, 0.15) is 11.8 Å². The highest BCUT2D eigenvalue weighted by molar-refractivity contribution is 9.11. The molecule has 15 heavy (non-hydrogen) atoms. The van der Waals surface area contributed by atoms with E-state index in [1.54, 1.807) is 11.3 Å². The number of aryl methyl sites for hydroxylation is 1. The van der Waals surface area contributed by atoms with E-state index >= 15 is 0 Å². The molecular weight excluding hydrogens is 294 g/mol. The van der Waals surface area contributed by atoms with E-state index in [2.05, 4.69) is 27.8 Å². The monoisotopic (exact) mass is 301 g/mol. The average molecular weight is 303 g/mol. The van der Waals surface area contributed by atoms with Gasteiger partial charge in [-0.25, -0.2) is 4.98 Å². The summed E-state index contributed by atoms with van der Waals surface area (Å²) in [6, 6.07) is 7.79. The van der Waals surface area contributed by atoms with E-state index < -0.39 is 0 Å². The fourth-order valence-corrected chi connectivity index (χ4v) is 3.03. The Bertz CT molecular complexity index is 464. The van der Waals surface area contributed by atoms with Gasteiger partial charge in [0, 0.05) is 15.5 Å². The molecule has 78 valence electrons. The minimum Gasteiger partial charge on any atom is -0.229 e. The molecule has 1 nitrogen and oxygen atoms in total. The van der Waals surface area contributed by atoms with E-state index in [4.69, 9.17) is 11.6 Å². The number of halogens is 2. The van der Waals surface area contributed by atoms with Crippen molar-refractivity contribution >= 4 is 38.9 Å². The van der Waals surface area contributed by atoms with Crippen molar-refractivity contribution in [3.63, 3.8) is 0 Å². The average Bonchev–Trinajstić information content (AvgIpc) is 2.61. The van der Waals surface area contributed by atoms with Crippen molar-refractivity contribution in [1.82, 2.24) is 4.98 Å². The van der Waals surface area contributed by atoms with Gasteiger partial charge in [0.05, 0.1) is 5.69 Å². The predicted octanol–water partition coefficient (Wildman–Crippen LogP) is 4.79. The Morgan fingerprint density at radius 1 is 1.33 bits per heavy atom. The molecule has 1 aromatic carbocycles. The third-order valence-corrected chi connectivity index (χ3v) is 4.01. The molecule has 0 saturated carbocycles. The van der Waals surface area contributed by atoms with E-state index in [9.17, 15) is 0 Å². The summed E-state index contributed by atoms with van der Waals surface area (Å²) in [5, 5.41) is 0.756. The molecule has 4 heteroatoms. The van der Waals surface area contributed by atoms with Gasteiger partial charge in [-0.05, 0) is 34.5 Å². The van der Waals surface area contributed by atoms with Gasteiger partial charge in [-0.1, -0.05) is 30.7 Å². The molecule has 0 fully saturated rings. The molecule has 0 unspecified atom stereocenters. The fourth-order valence-electron chi connectivity index (χ4n) is 1.40. The smallest absolute Gasteiger partial charge is 0.160 e. The van der Waals surface area contributed by atoms with Gasteiger partial charge in [-0.15, -0.1) is 11.3 Å². The molecule has 1 heterocycles. The van der Waals surface area contributed by atoms with Crippen molar-refractivity contribution in [1.29, 1.82) is 0 Å². The van der Waals surface area contributed by atoms with Crippen LogP contribution in [0.5, 0.6) is 0 Å². The number of aromatic nitrogens is 1. The van der Waals surface area contributed by atoms with Crippen LogP contribution in [0.25, 0.3) is 11.3 Å². The van der Waals surface area contributed by atoms with Crippen molar-refractivity contribution < 1.29 is 0 Å². The van der Waals surface area contributed by atoms with Crippen LogP contribution >= 0.6 is 38.9 Å². The molecule has 0 aliphatic rings. The van der Waals surface area contributed by atoms with Crippen LogP contribution in [0, 0.1) is 0 Å². The number of benzene rings is 1. The van der Waals surface area contributed by atoms with E-state index in [0.29, 0.717) is 0 Å². The van der Waals surface area contributed by atoms with E-state index in [1.165, 1.54) is 4.88 Å². The van der Waals surface area contributed by atoms with Gasteiger partial charge in [0.2, 0.25) is 0 Å². The van der Waals surface area contributed by atoms with Crippen LogP contribution < -0.4 is 0 Å². The standard InChI is InChI=1S/C11H9BrClNS/c1-2-9-10(14-11(12)15-9)7-3-5-8(13)6-4-7/h3-6H,2H2,1H3. The molecule has 0 aliphatic heterocycles. The summed E-state index contributed by atoms with van der Waals surface area (Å²) in [5.74, 6) is 0. The lowest BCUT2D eigenvalue weighted by Crippen LogP contribution is -1.82. The lowest BCUT2D eigenvalue weighted by atomic mass is 10.1. The maximum atomic E-state index is 5.85. The third kappa shape index (κ3) is 2.41. The van der Waals surface area contributed by atoms with Gasteiger partial charge in [-0.2, -0.15) is 0 Å². The van der Waals surface area contributed by atoms with Crippen LogP contribution in [0.3, 0.4) is 0 Å². The van der Waals surface area contributed by atoms with Crippen LogP contribution in [0.15, 0.2) is 28.2 Å². The third-order valence-electron chi connectivity index (χ3n) is 2.11. The van der Waals surface area contributed by atoms with Gasteiger partial charge in [0.25, 0.3) is 0 Å². The van der Waals surface area contributed by atoms with Gasteiger partial charge >= 0.3 is 0 Å². The van der Waals surface area contributed by atoms with Crippen molar-refractivity contribution in [2.24, 2.45) is 0 Å². The minimum atomic E-state index is 0.756. The maximum Gasteiger partial charge on any atom is 0.160 e. The molecule has 0 aliphatic carbocycles. The van der Waals surface area contributed by atoms with Crippen molar-refractivity contribution in [3.8, 4) is 11.3 Å². The molecule has 0 saturated heterocycles. The highest BCUT2D eigenvalue weighted by Gasteiger charge is 2.09. The Labute approximate surface area is 106 Å². The Kier molecular flexibility index (Phi) is 3.44. The van der Waals surface area contributed by atoms with Crippen molar-refractivity contribution in [3.05, 3.63) is 38.1 Å². The van der Waals surface area contributed by atoms with Gasteiger partial charge < -0.3 is 0 Å². The quantitative estimate of drug-likeness (QED) is 0.777. The second kappa shape index (κ2) is 4.64. The molecule has 0 amide bonds. The molecule has 0 spiro atoms. The number of hydrogen-bond donors (Lipinski definition) is 0. The number of nitrogens with zero attached hydrogens (tertiary/aromatic N) is 1. The zero-order valence-electron chi connectivity index (χ0n) is 8.13. The Hall–Kier alpha value is -0.380. The molecular formula is C11H9BrClNS. The summed E-state index contributed by atoms with van der Waals surface area (Å²) in [5.41, 5.74) is 2.18. The summed E-state index contributed by atoms with van der Waals surface area (Å²) in [4.78, 5) is 5.77. The molecule has 0 N–H and O–H groups in total. The van der Waals surface area contributed by atoms with Gasteiger partial charge in [0.1, 0.15) is 0 Å². The number of hydrogen-bond acceptors (Lipinski definition) is 2. The molecule has 0 bridgehead atoms. The van der Waals surface area contributed by atoms with Crippen molar-refractivity contribution in [2.45, 2.75) is 13.3 Å². The topological polar surface area (TPSA) is 12.9 Å². The predicted molar refractivity (Wildman–Crippen MR) is 69.6 cm³/mol. The zero-order valence-corrected chi connectivity index (χ0v) is 11.3. The van der Waals surface area contributed by atoms with Crippen molar-refractivity contribution in [2.75, 3.05) is 0 Å². The SMILES string of the molecule is CCc1sc(Br)nc1-c1ccc(Cl)cc1. The van der Waals surface area contributed by atoms with Crippen LogP contribution in [0.4, 0.5) is 0 Å². The first kappa shape index (κ1) is 11.1. The first-order chi connectivity index (χ1) is 7.20. The second-order valence-electron chi connectivity index (χ2n) is 3.10. The van der Waals surface area contributed by atoms with Crippen LogP contribution in [-0.2, 0) is 6.42 Å². The first-order valence-corrected chi connectivity index (χ1v) is 6.60. The summed E-state index contributed by atoms with van der Waals surface area (Å²) in [7, 11) is 0. The molecule has 1 aromatic heterocycles. The minimum absolute atomic E-state index is 0.756. The number of thiazole rings is 1. The van der Waals surface area contributed by atoms with Gasteiger partial charge in [0.15, 0.2) is 3.92 Å². The van der Waals surface area contributed by atoms with E-state index in [-0.39, 0.29) is 0 Å². The molecule has 2 aromatic rings. The first-order valence-electron chi connectivity index (χ1n) is 4.62. The Morgan fingerprint density at radius 2 is 2.00 bits per heavy atom. The van der Waals surface area contributed by atoms with E-state index in [0.717, 1.165) is 26.6 Å². The fraction of sp³-hybridized carbons (Fsp3) is 0.182. The van der Waals surface area contributed by atoms with E-state index in [1.807, 2.05) is 24.3 Å². The Morgan fingerprint density at radius 3 is 2.60 bits per heavy atom.